The van der Waals surface area contributed by atoms with Gasteiger partial charge in [-0.1, -0.05) is 35.9 Å². The van der Waals surface area contributed by atoms with Crippen LogP contribution < -0.4 is 9.62 Å². The van der Waals surface area contributed by atoms with Crippen LogP contribution in [0.3, 0.4) is 0 Å². The van der Waals surface area contributed by atoms with Gasteiger partial charge in [-0.2, -0.15) is 0 Å². The summed E-state index contributed by atoms with van der Waals surface area (Å²) in [5, 5.41) is 0.690. The van der Waals surface area contributed by atoms with E-state index in [2.05, 4.69) is 9.62 Å². The summed E-state index contributed by atoms with van der Waals surface area (Å²) >= 11 is 6.25. The number of carbonyl (C=O) groups is 1. The summed E-state index contributed by atoms with van der Waals surface area (Å²) in [6, 6.07) is 14.3. The van der Waals surface area contributed by atoms with Gasteiger partial charge in [0, 0.05) is 26.2 Å². The van der Waals surface area contributed by atoms with E-state index in [1.807, 2.05) is 24.3 Å². The highest BCUT2D eigenvalue weighted by atomic mass is 35.5. The smallest absolute Gasteiger partial charge is 0.256 e. The van der Waals surface area contributed by atoms with Gasteiger partial charge < -0.3 is 9.80 Å². The number of nitrogens with one attached hydrogen (secondary N) is 1. The highest BCUT2D eigenvalue weighted by Gasteiger charge is 2.25. The zero-order valence-electron chi connectivity index (χ0n) is 14.4. The van der Waals surface area contributed by atoms with Crippen molar-refractivity contribution in [3.8, 4) is 0 Å². The number of anilines is 2. The number of rotatable bonds is 4. The predicted octanol–water partition coefficient (Wildman–Crippen LogP) is 2.67. The first kappa shape index (κ1) is 18.5. The number of amides is 1. The molecule has 6 nitrogen and oxygen atoms in total. The molecule has 1 aliphatic rings. The highest BCUT2D eigenvalue weighted by molar-refractivity contribution is 7.92. The molecule has 1 amide bonds. The number of para-hydroxylation sites is 2. The van der Waals surface area contributed by atoms with Crippen molar-refractivity contribution in [3.05, 3.63) is 59.1 Å². The Morgan fingerprint density at radius 1 is 1.00 bits per heavy atom. The van der Waals surface area contributed by atoms with Crippen LogP contribution in [0.2, 0.25) is 5.02 Å². The number of hydrogen-bond donors (Lipinski definition) is 1. The van der Waals surface area contributed by atoms with Crippen molar-refractivity contribution in [2.75, 3.05) is 42.1 Å². The Kier molecular flexibility index (Phi) is 5.38. The normalized spacial score (nSPS) is 15.0. The Labute approximate surface area is 158 Å². The average Bonchev–Trinajstić information content (AvgIpc) is 2.61. The van der Waals surface area contributed by atoms with Crippen LogP contribution in [-0.4, -0.2) is 51.7 Å². The van der Waals surface area contributed by atoms with E-state index in [0.29, 0.717) is 42.5 Å². The fourth-order valence-electron chi connectivity index (χ4n) is 2.99. The van der Waals surface area contributed by atoms with Gasteiger partial charge in [0.25, 0.3) is 5.91 Å². The van der Waals surface area contributed by atoms with Crippen molar-refractivity contribution >= 4 is 38.9 Å². The number of nitrogens with zero attached hydrogens (tertiary/aromatic N) is 2. The molecular weight excluding hydrogens is 374 g/mol. The zero-order chi connectivity index (χ0) is 18.7. The van der Waals surface area contributed by atoms with Crippen LogP contribution in [0.4, 0.5) is 11.4 Å². The van der Waals surface area contributed by atoms with Crippen LogP contribution in [0.25, 0.3) is 0 Å². The van der Waals surface area contributed by atoms with Gasteiger partial charge in [-0.3, -0.25) is 9.52 Å². The first-order chi connectivity index (χ1) is 12.3. The summed E-state index contributed by atoms with van der Waals surface area (Å²) in [4.78, 5) is 16.7. The average molecular weight is 394 g/mol. The van der Waals surface area contributed by atoms with Crippen LogP contribution in [0, 0.1) is 0 Å². The van der Waals surface area contributed by atoms with Crippen molar-refractivity contribution in [2.45, 2.75) is 0 Å². The van der Waals surface area contributed by atoms with E-state index < -0.39 is 10.0 Å². The molecule has 0 bridgehead atoms. The van der Waals surface area contributed by atoms with Crippen molar-refractivity contribution < 1.29 is 13.2 Å². The van der Waals surface area contributed by atoms with Gasteiger partial charge >= 0.3 is 0 Å². The molecule has 1 saturated heterocycles. The quantitative estimate of drug-likeness (QED) is 0.867. The maximum absolute atomic E-state index is 12.9. The molecule has 0 spiro atoms. The van der Waals surface area contributed by atoms with Crippen molar-refractivity contribution in [1.82, 2.24) is 4.90 Å². The van der Waals surface area contributed by atoms with Gasteiger partial charge in [-0.25, -0.2) is 8.42 Å². The van der Waals surface area contributed by atoms with E-state index >= 15 is 0 Å². The third-order valence-electron chi connectivity index (χ3n) is 4.21. The largest absolute Gasteiger partial charge is 0.367 e. The summed E-state index contributed by atoms with van der Waals surface area (Å²) in [6.45, 7) is 2.41. The lowest BCUT2D eigenvalue weighted by molar-refractivity contribution is 0.0748. The molecule has 3 rings (SSSR count). The molecule has 1 N–H and O–H groups in total. The SMILES string of the molecule is CS(=O)(=O)Nc1ccccc1C(=O)N1CCN(c2ccccc2Cl)CC1. The Morgan fingerprint density at radius 3 is 2.27 bits per heavy atom. The molecule has 0 saturated carbocycles. The van der Waals surface area contributed by atoms with Crippen LogP contribution in [-0.2, 0) is 10.0 Å². The van der Waals surface area contributed by atoms with Gasteiger partial charge in [0.2, 0.25) is 10.0 Å². The fraction of sp³-hybridized carbons (Fsp3) is 0.278. The van der Waals surface area contributed by atoms with Crippen molar-refractivity contribution in [1.29, 1.82) is 0 Å². The Hall–Kier alpha value is -2.25. The van der Waals surface area contributed by atoms with Gasteiger partial charge in [0.1, 0.15) is 0 Å². The molecule has 1 heterocycles. The molecule has 0 unspecified atom stereocenters. The lowest BCUT2D eigenvalue weighted by Crippen LogP contribution is -2.49. The molecule has 0 aliphatic carbocycles. The first-order valence-corrected chi connectivity index (χ1v) is 10.5. The minimum Gasteiger partial charge on any atom is -0.367 e. The fourth-order valence-corrected chi connectivity index (χ4v) is 3.82. The summed E-state index contributed by atoms with van der Waals surface area (Å²) in [6.07, 6.45) is 1.07. The van der Waals surface area contributed by atoms with Crippen LogP contribution >= 0.6 is 11.6 Å². The van der Waals surface area contributed by atoms with Crippen LogP contribution in [0.5, 0.6) is 0 Å². The maximum atomic E-state index is 12.9. The lowest BCUT2D eigenvalue weighted by Gasteiger charge is -2.36. The third-order valence-corrected chi connectivity index (χ3v) is 5.12. The predicted molar refractivity (Wildman–Crippen MR) is 104 cm³/mol. The number of hydrogen-bond acceptors (Lipinski definition) is 4. The summed E-state index contributed by atoms with van der Waals surface area (Å²) in [5.74, 6) is -0.185. The van der Waals surface area contributed by atoms with E-state index in [-0.39, 0.29) is 5.91 Å². The van der Waals surface area contributed by atoms with Gasteiger partial charge in [0.15, 0.2) is 0 Å². The summed E-state index contributed by atoms with van der Waals surface area (Å²) in [7, 11) is -3.46. The Balaban J connectivity index is 1.73. The molecular formula is C18H20ClN3O3S. The van der Waals surface area contributed by atoms with Crippen LogP contribution in [0.1, 0.15) is 10.4 Å². The van der Waals surface area contributed by atoms with Crippen molar-refractivity contribution in [2.24, 2.45) is 0 Å². The van der Waals surface area contributed by atoms with E-state index in [4.69, 9.17) is 11.6 Å². The van der Waals surface area contributed by atoms with Crippen molar-refractivity contribution in [3.63, 3.8) is 0 Å². The second kappa shape index (κ2) is 7.55. The molecule has 1 fully saturated rings. The second-order valence-corrected chi connectivity index (χ2v) is 8.31. The molecule has 1 aliphatic heterocycles. The van der Waals surface area contributed by atoms with E-state index in [9.17, 15) is 13.2 Å². The number of sulfonamides is 1. The van der Waals surface area contributed by atoms with E-state index in [0.717, 1.165) is 11.9 Å². The minimum absolute atomic E-state index is 0.185. The number of piperazine rings is 1. The molecule has 2 aromatic carbocycles. The topological polar surface area (TPSA) is 69.7 Å². The molecule has 8 heteroatoms. The van der Waals surface area contributed by atoms with Gasteiger partial charge in [-0.05, 0) is 24.3 Å². The Bertz CT molecular complexity index is 909. The number of benzene rings is 2. The number of carbonyl (C=O) groups excluding carboxylic acids is 1. The Morgan fingerprint density at radius 2 is 1.62 bits per heavy atom. The highest BCUT2D eigenvalue weighted by Crippen LogP contribution is 2.27. The van der Waals surface area contributed by atoms with E-state index in [1.165, 1.54) is 0 Å². The lowest BCUT2D eigenvalue weighted by atomic mass is 10.1. The minimum atomic E-state index is -3.46. The summed E-state index contributed by atoms with van der Waals surface area (Å²) in [5.41, 5.74) is 1.61. The molecule has 0 aromatic heterocycles. The third kappa shape index (κ3) is 4.28. The second-order valence-electron chi connectivity index (χ2n) is 6.15. The van der Waals surface area contributed by atoms with Crippen LogP contribution in [0.15, 0.2) is 48.5 Å². The molecule has 138 valence electrons. The summed E-state index contributed by atoms with van der Waals surface area (Å²) < 4.78 is 25.5. The van der Waals surface area contributed by atoms with E-state index in [1.54, 1.807) is 29.2 Å². The standard InChI is InChI=1S/C18H20ClN3O3S/c1-26(24,25)20-16-8-4-2-6-14(16)18(23)22-12-10-21(11-13-22)17-9-5-3-7-15(17)19/h2-9,20H,10-13H2,1H3. The number of halogens is 1. The van der Waals surface area contributed by atoms with Gasteiger partial charge in [0.05, 0.1) is 28.2 Å². The molecule has 2 aromatic rings. The van der Waals surface area contributed by atoms with Gasteiger partial charge in [-0.15, -0.1) is 0 Å². The molecule has 0 atom stereocenters. The molecule has 26 heavy (non-hydrogen) atoms. The monoisotopic (exact) mass is 393 g/mol. The maximum Gasteiger partial charge on any atom is 0.256 e. The zero-order valence-corrected chi connectivity index (χ0v) is 15.9. The first-order valence-electron chi connectivity index (χ1n) is 8.21. The molecule has 0 radical (unpaired) electrons.